The maximum Gasteiger partial charge on any atom is 0.314 e. The number of para-hydroxylation sites is 1. The number of ether oxygens (including phenoxy) is 1. The van der Waals surface area contributed by atoms with Gasteiger partial charge in [0.2, 0.25) is 5.91 Å². The second-order valence-corrected chi connectivity index (χ2v) is 8.74. The van der Waals surface area contributed by atoms with Gasteiger partial charge in [0, 0.05) is 17.2 Å². The number of nitro groups is 1. The number of hydrogen-bond acceptors (Lipinski definition) is 5. The summed E-state index contributed by atoms with van der Waals surface area (Å²) in [5, 5.41) is 25.1. The smallest absolute Gasteiger partial charge is 0.314 e. The summed E-state index contributed by atoms with van der Waals surface area (Å²) in [6.45, 7) is 0. The minimum Gasteiger partial charge on any atom is -0.502 e. The number of rotatable bonds is 4. The summed E-state index contributed by atoms with van der Waals surface area (Å²) in [5.74, 6) is -0.982. The van der Waals surface area contributed by atoms with E-state index in [0.717, 1.165) is 11.1 Å². The Bertz CT molecular complexity index is 1430. The van der Waals surface area contributed by atoms with Gasteiger partial charge in [0.05, 0.1) is 11.0 Å². The van der Waals surface area contributed by atoms with Crippen LogP contribution in [-0.4, -0.2) is 22.0 Å². The van der Waals surface area contributed by atoms with Crippen molar-refractivity contribution in [2.75, 3.05) is 5.32 Å². The number of amides is 1. The molecule has 0 radical (unpaired) electrons. The number of anilines is 1. The molecule has 0 bridgehead atoms. The predicted octanol–water partition coefficient (Wildman–Crippen LogP) is 5.13. The highest BCUT2D eigenvalue weighted by atomic mass is 16.6. The van der Waals surface area contributed by atoms with Gasteiger partial charge in [-0.05, 0) is 28.8 Å². The van der Waals surface area contributed by atoms with Crippen molar-refractivity contribution in [2.24, 2.45) is 0 Å². The van der Waals surface area contributed by atoms with E-state index in [-0.39, 0.29) is 17.6 Å². The normalized spacial score (nSPS) is 19.8. The lowest BCUT2D eigenvalue weighted by molar-refractivity contribution is -0.385. The molecule has 0 aliphatic carbocycles. The molecular weight excluding hydrogens is 444 g/mol. The number of carbonyl (C=O) groups is 1. The van der Waals surface area contributed by atoms with Crippen molar-refractivity contribution >= 4 is 17.3 Å². The molecule has 7 nitrogen and oxygen atoms in total. The van der Waals surface area contributed by atoms with Crippen molar-refractivity contribution in [3.63, 3.8) is 0 Å². The first-order valence-electron chi connectivity index (χ1n) is 11.2. The van der Waals surface area contributed by atoms with Gasteiger partial charge in [-0.25, -0.2) is 0 Å². The van der Waals surface area contributed by atoms with E-state index in [2.05, 4.69) is 5.32 Å². The minimum atomic E-state index is -1.32. The second kappa shape index (κ2) is 7.70. The van der Waals surface area contributed by atoms with Crippen molar-refractivity contribution in [3.05, 3.63) is 129 Å². The maximum atomic E-state index is 13.9. The number of phenolic OH excluding ortho intramolecular Hbond substituents is 1. The summed E-state index contributed by atoms with van der Waals surface area (Å²) in [6, 6.07) is 29.4. The Morgan fingerprint density at radius 1 is 0.886 bits per heavy atom. The van der Waals surface area contributed by atoms with Gasteiger partial charge in [-0.2, -0.15) is 0 Å². The van der Waals surface area contributed by atoms with Crippen molar-refractivity contribution in [1.29, 1.82) is 0 Å². The van der Waals surface area contributed by atoms with E-state index >= 15 is 0 Å². The van der Waals surface area contributed by atoms with Gasteiger partial charge in [0.15, 0.2) is 5.75 Å². The number of hydrogen-bond donors (Lipinski definition) is 2. The first-order chi connectivity index (χ1) is 17.0. The number of nitrogens with zero attached hydrogens (tertiary/aromatic N) is 1. The summed E-state index contributed by atoms with van der Waals surface area (Å²) in [4.78, 5) is 24.8. The monoisotopic (exact) mass is 464 g/mol. The first-order valence-corrected chi connectivity index (χ1v) is 11.2. The lowest BCUT2D eigenvalue weighted by Crippen LogP contribution is -2.48. The molecule has 2 aliphatic rings. The number of nitro benzene ring substituents is 1. The lowest BCUT2D eigenvalue weighted by Gasteiger charge is -2.35. The van der Waals surface area contributed by atoms with Crippen LogP contribution in [0.25, 0.3) is 0 Å². The maximum absolute atomic E-state index is 13.9. The third kappa shape index (κ3) is 2.94. The number of benzene rings is 4. The van der Waals surface area contributed by atoms with Crippen molar-refractivity contribution in [3.8, 4) is 11.5 Å². The van der Waals surface area contributed by atoms with Gasteiger partial charge in [-0.3, -0.25) is 14.9 Å². The highest BCUT2D eigenvalue weighted by Gasteiger charge is 2.62. The third-order valence-electron chi connectivity index (χ3n) is 6.96. The fourth-order valence-electron chi connectivity index (χ4n) is 5.50. The topological polar surface area (TPSA) is 102 Å². The van der Waals surface area contributed by atoms with E-state index < -0.39 is 27.9 Å². The molecule has 2 atom stereocenters. The molecule has 172 valence electrons. The summed E-state index contributed by atoms with van der Waals surface area (Å²) in [6.07, 6.45) is -0.771. The summed E-state index contributed by atoms with van der Waals surface area (Å²) >= 11 is 0. The summed E-state index contributed by atoms with van der Waals surface area (Å²) in [7, 11) is 0. The van der Waals surface area contributed by atoms with Crippen molar-refractivity contribution < 1.29 is 19.6 Å². The molecule has 2 aliphatic heterocycles. The van der Waals surface area contributed by atoms with Gasteiger partial charge >= 0.3 is 5.69 Å². The summed E-state index contributed by atoms with van der Waals surface area (Å²) < 4.78 is 6.51. The number of carbonyl (C=O) groups excluding carboxylic acids is 1. The molecule has 1 amide bonds. The minimum absolute atomic E-state index is 0.211. The van der Waals surface area contributed by atoms with Gasteiger partial charge in [0.1, 0.15) is 17.3 Å². The molecule has 0 fully saturated rings. The molecule has 2 N–H and O–H groups in total. The van der Waals surface area contributed by atoms with Crippen LogP contribution in [0.2, 0.25) is 0 Å². The molecule has 2 heterocycles. The average molecular weight is 464 g/mol. The van der Waals surface area contributed by atoms with Crippen molar-refractivity contribution in [1.82, 2.24) is 0 Å². The number of aromatic hydroxyl groups is 1. The second-order valence-electron chi connectivity index (χ2n) is 8.74. The average Bonchev–Trinajstić information content (AvgIpc) is 3.35. The van der Waals surface area contributed by atoms with E-state index in [4.69, 9.17) is 4.74 Å². The van der Waals surface area contributed by atoms with Crippen LogP contribution in [-0.2, 0) is 10.2 Å². The molecule has 0 saturated heterocycles. The molecule has 6 rings (SSSR count). The van der Waals surface area contributed by atoms with E-state index in [1.165, 1.54) is 12.1 Å². The third-order valence-corrected chi connectivity index (χ3v) is 6.96. The molecule has 1 spiro atoms. The Kier molecular flexibility index (Phi) is 4.60. The van der Waals surface area contributed by atoms with E-state index in [9.17, 15) is 20.0 Å². The van der Waals surface area contributed by atoms with Gasteiger partial charge < -0.3 is 15.2 Å². The molecule has 2 unspecified atom stereocenters. The molecule has 4 aromatic carbocycles. The predicted molar refractivity (Wildman–Crippen MR) is 130 cm³/mol. The highest BCUT2D eigenvalue weighted by molar-refractivity contribution is 6.10. The van der Waals surface area contributed by atoms with E-state index in [1.54, 1.807) is 0 Å². The van der Waals surface area contributed by atoms with E-state index in [1.807, 2.05) is 84.9 Å². The zero-order chi connectivity index (χ0) is 24.2. The molecule has 7 heteroatoms. The largest absolute Gasteiger partial charge is 0.502 e. The van der Waals surface area contributed by atoms with Gasteiger partial charge in [0.25, 0.3) is 0 Å². The molecule has 0 saturated carbocycles. The van der Waals surface area contributed by atoms with Crippen LogP contribution in [0.4, 0.5) is 11.4 Å². The van der Waals surface area contributed by atoms with Crippen molar-refractivity contribution in [2.45, 2.75) is 17.4 Å². The fourth-order valence-corrected chi connectivity index (χ4v) is 5.50. The quantitative estimate of drug-likeness (QED) is 0.322. The Labute approximate surface area is 200 Å². The Balaban J connectivity index is 1.67. The summed E-state index contributed by atoms with van der Waals surface area (Å²) in [5.41, 5.74) is 1.84. The lowest BCUT2D eigenvalue weighted by atomic mass is 9.66. The molecular formula is C28H20N2O5. The first kappa shape index (κ1) is 20.9. The van der Waals surface area contributed by atoms with E-state index in [0.29, 0.717) is 16.8 Å². The van der Waals surface area contributed by atoms with Crippen LogP contribution in [0.3, 0.4) is 0 Å². The molecule has 4 aromatic rings. The number of nitrogens with one attached hydrogen (secondary N) is 1. The van der Waals surface area contributed by atoms with Crippen LogP contribution >= 0.6 is 0 Å². The van der Waals surface area contributed by atoms with Crippen LogP contribution in [0.1, 0.15) is 28.2 Å². The van der Waals surface area contributed by atoms with Crippen LogP contribution < -0.4 is 10.1 Å². The zero-order valence-corrected chi connectivity index (χ0v) is 18.4. The molecule has 0 aromatic heterocycles. The Morgan fingerprint density at radius 3 is 2.11 bits per heavy atom. The highest BCUT2D eigenvalue weighted by Crippen LogP contribution is 2.58. The fraction of sp³-hybridized carbons (Fsp3) is 0.107. The molecule has 35 heavy (non-hydrogen) atoms. The van der Waals surface area contributed by atoms with Gasteiger partial charge in [-0.1, -0.05) is 78.9 Å². The SMILES string of the molecule is O=C1Nc2ccccc2C12c1cc(O)c([N+](=O)[O-])cc1OC2C(c1ccccc1)c1ccccc1. The Hall–Kier alpha value is -4.65. The van der Waals surface area contributed by atoms with Crippen LogP contribution in [0.5, 0.6) is 11.5 Å². The van der Waals surface area contributed by atoms with Gasteiger partial charge in [-0.15, -0.1) is 0 Å². The van der Waals surface area contributed by atoms with Crippen LogP contribution in [0, 0.1) is 10.1 Å². The Morgan fingerprint density at radius 2 is 1.49 bits per heavy atom. The number of fused-ring (bicyclic) bond motifs is 4. The number of phenols is 1. The zero-order valence-electron chi connectivity index (χ0n) is 18.4. The standard InChI is InChI=1S/C28H20N2O5/c31-23-15-20-24(16-22(23)30(33)34)35-26(28(20)19-13-7-8-14-21(19)29-27(28)32)25(17-9-3-1-4-10-17)18-11-5-2-6-12-18/h1-16,25-26,31H,(H,29,32). The van der Waals surface area contributed by atoms with Crippen LogP contribution in [0.15, 0.2) is 97.1 Å².